The van der Waals surface area contributed by atoms with E-state index in [-0.39, 0.29) is 34.0 Å². The zero-order valence-electron chi connectivity index (χ0n) is 19.1. The number of carbonyl (C=O) groups is 1. The van der Waals surface area contributed by atoms with Gasteiger partial charge in [-0.15, -0.1) is 0 Å². The molecule has 2 heterocycles. The predicted octanol–water partition coefficient (Wildman–Crippen LogP) is 4.23. The molecule has 3 aromatic rings. The number of hydrogen-bond donors (Lipinski definition) is 3. The molecule has 3 rings (SSSR count). The molecular weight excluding hydrogens is 449 g/mol. The average Bonchev–Trinajstić information content (AvgIpc) is 3.07. The van der Waals surface area contributed by atoms with E-state index in [0.717, 1.165) is 6.07 Å². The summed E-state index contributed by atoms with van der Waals surface area (Å²) in [7, 11) is 1.49. The maximum Gasteiger partial charge on any atom is 0.417 e. The number of fused-ring (bicyclic) bond motifs is 1. The fourth-order valence-electron chi connectivity index (χ4n) is 3.91. The van der Waals surface area contributed by atoms with Crippen molar-refractivity contribution in [2.24, 2.45) is 13.0 Å². The van der Waals surface area contributed by atoms with Crippen molar-refractivity contribution in [1.82, 2.24) is 20.1 Å². The highest BCUT2D eigenvalue weighted by molar-refractivity contribution is 6.04. The van der Waals surface area contributed by atoms with Gasteiger partial charge in [-0.2, -0.15) is 23.3 Å². The van der Waals surface area contributed by atoms with E-state index < -0.39 is 36.2 Å². The summed E-state index contributed by atoms with van der Waals surface area (Å²) < 4.78 is 48.5. The smallest absolute Gasteiger partial charge is 0.417 e. The number of pyridine rings is 1. The van der Waals surface area contributed by atoms with Crippen LogP contribution in [0.15, 0.2) is 36.4 Å². The molecule has 0 radical (unpaired) electrons. The molecule has 1 atom stereocenters. The molecular formula is C23H25F3N6O2. The van der Waals surface area contributed by atoms with Crippen LogP contribution in [0.4, 0.5) is 13.2 Å². The maximum atomic E-state index is 14.0. The van der Waals surface area contributed by atoms with Gasteiger partial charge in [0.1, 0.15) is 5.69 Å². The number of nitrogens with one attached hydrogen (secondary N) is 3. The van der Waals surface area contributed by atoms with E-state index in [1.165, 1.54) is 25.6 Å². The standard InChI is InChI=1S/C23H25F3N6O2/c1-12(27)19(13(2)28)14(3)29-17(33)11-34-18-10-16(23(24,25)26)20-21(15-8-6-5-7-9-15)31-32(4)22(20)30-18/h5-10,14,19,27-28H,11H2,1-4H3,(H,29,33). The fraction of sp³-hybridized carbons (Fsp3) is 0.348. The molecule has 0 aliphatic rings. The van der Waals surface area contributed by atoms with Crippen molar-refractivity contribution in [3.05, 3.63) is 42.0 Å². The zero-order chi connectivity index (χ0) is 25.2. The third kappa shape index (κ3) is 5.24. The number of halogens is 3. The molecule has 2 aromatic heterocycles. The van der Waals surface area contributed by atoms with E-state index >= 15 is 0 Å². The van der Waals surface area contributed by atoms with Gasteiger partial charge >= 0.3 is 6.18 Å². The highest BCUT2D eigenvalue weighted by Gasteiger charge is 2.36. The number of carbonyl (C=O) groups excluding carboxylic acids is 1. The summed E-state index contributed by atoms with van der Waals surface area (Å²) in [5.74, 6) is -1.56. The number of amides is 1. The quantitative estimate of drug-likeness (QED) is 0.424. The topological polar surface area (TPSA) is 117 Å². The highest BCUT2D eigenvalue weighted by Crippen LogP contribution is 2.40. The zero-order valence-corrected chi connectivity index (χ0v) is 19.1. The number of ether oxygens (including phenoxy) is 1. The van der Waals surface area contributed by atoms with Crippen LogP contribution in [-0.4, -0.2) is 44.7 Å². The van der Waals surface area contributed by atoms with Crippen LogP contribution in [0.2, 0.25) is 0 Å². The number of alkyl halides is 3. The molecule has 1 unspecified atom stereocenters. The van der Waals surface area contributed by atoms with Crippen molar-refractivity contribution in [2.45, 2.75) is 33.0 Å². The number of rotatable bonds is 8. The van der Waals surface area contributed by atoms with Gasteiger partial charge in [0.2, 0.25) is 5.88 Å². The van der Waals surface area contributed by atoms with Gasteiger partial charge in [-0.05, 0) is 20.8 Å². The Kier molecular flexibility index (Phi) is 7.04. The minimum atomic E-state index is -4.71. The summed E-state index contributed by atoms with van der Waals surface area (Å²) in [6.45, 7) is 4.14. The number of benzene rings is 1. The van der Waals surface area contributed by atoms with Crippen LogP contribution < -0.4 is 10.1 Å². The number of hydrogen-bond acceptors (Lipinski definition) is 6. The molecule has 0 fully saturated rings. The summed E-state index contributed by atoms with van der Waals surface area (Å²) in [5.41, 5.74) is 0.0942. The van der Waals surface area contributed by atoms with Crippen LogP contribution in [0, 0.1) is 16.7 Å². The van der Waals surface area contributed by atoms with Gasteiger partial charge < -0.3 is 20.9 Å². The number of nitrogens with zero attached hydrogens (tertiary/aromatic N) is 3. The molecule has 11 heteroatoms. The third-order valence-corrected chi connectivity index (χ3v) is 5.30. The second-order valence-corrected chi connectivity index (χ2v) is 8.03. The average molecular weight is 474 g/mol. The van der Waals surface area contributed by atoms with Gasteiger partial charge in [0.15, 0.2) is 12.3 Å². The van der Waals surface area contributed by atoms with Crippen molar-refractivity contribution >= 4 is 28.4 Å². The molecule has 3 N–H and O–H groups in total. The lowest BCUT2D eigenvalue weighted by atomic mass is 9.92. The molecule has 180 valence electrons. The van der Waals surface area contributed by atoms with E-state index in [4.69, 9.17) is 15.6 Å². The van der Waals surface area contributed by atoms with E-state index in [2.05, 4.69) is 15.4 Å². The highest BCUT2D eigenvalue weighted by atomic mass is 19.4. The number of aromatic nitrogens is 3. The lowest BCUT2D eigenvalue weighted by molar-refractivity contribution is -0.136. The largest absolute Gasteiger partial charge is 0.467 e. The van der Waals surface area contributed by atoms with Gasteiger partial charge in [0, 0.05) is 36.1 Å². The number of aryl methyl sites for hydroxylation is 1. The van der Waals surface area contributed by atoms with Crippen molar-refractivity contribution in [2.75, 3.05) is 6.61 Å². The van der Waals surface area contributed by atoms with Gasteiger partial charge in [0.05, 0.1) is 16.9 Å². The molecule has 8 nitrogen and oxygen atoms in total. The third-order valence-electron chi connectivity index (χ3n) is 5.30. The lowest BCUT2D eigenvalue weighted by Crippen LogP contribution is -2.45. The van der Waals surface area contributed by atoms with Crippen LogP contribution >= 0.6 is 0 Å². The van der Waals surface area contributed by atoms with Gasteiger partial charge in [-0.1, -0.05) is 30.3 Å². The van der Waals surface area contributed by atoms with E-state index in [1.807, 2.05) is 0 Å². The Morgan fingerprint density at radius 2 is 1.79 bits per heavy atom. The van der Waals surface area contributed by atoms with Crippen molar-refractivity contribution in [3.63, 3.8) is 0 Å². The molecule has 34 heavy (non-hydrogen) atoms. The lowest BCUT2D eigenvalue weighted by Gasteiger charge is -2.23. The van der Waals surface area contributed by atoms with E-state index in [9.17, 15) is 18.0 Å². The van der Waals surface area contributed by atoms with Crippen LogP contribution in [0.25, 0.3) is 22.3 Å². The minimum Gasteiger partial charge on any atom is -0.467 e. The summed E-state index contributed by atoms with van der Waals surface area (Å²) in [6.07, 6.45) is -4.71. The Balaban J connectivity index is 1.90. The molecule has 0 spiro atoms. The molecule has 1 amide bonds. The normalized spacial score (nSPS) is 13.4. The van der Waals surface area contributed by atoms with E-state index in [1.54, 1.807) is 37.3 Å². The Labute approximate surface area is 194 Å². The first-order valence-corrected chi connectivity index (χ1v) is 10.4. The minimum absolute atomic E-state index is 0.0311. The van der Waals surface area contributed by atoms with Crippen molar-refractivity contribution in [1.29, 1.82) is 10.8 Å². The van der Waals surface area contributed by atoms with Gasteiger partial charge in [-0.25, -0.2) is 4.68 Å². The SMILES string of the molecule is CC(=N)C(C(C)=N)C(C)NC(=O)COc1cc(C(F)(F)F)c2c(-c3ccccc3)nn(C)c2n1. The van der Waals surface area contributed by atoms with Crippen molar-refractivity contribution < 1.29 is 22.7 Å². The molecule has 0 aliphatic heterocycles. The Bertz CT molecular complexity index is 1220. The first-order chi connectivity index (χ1) is 15.9. The van der Waals surface area contributed by atoms with Crippen LogP contribution in [-0.2, 0) is 18.0 Å². The van der Waals surface area contributed by atoms with E-state index in [0.29, 0.717) is 5.56 Å². The molecule has 0 bridgehead atoms. The first kappa shape index (κ1) is 24.9. The molecule has 0 aliphatic carbocycles. The summed E-state index contributed by atoms with van der Waals surface area (Å²) in [5, 5.41) is 22.3. The molecule has 0 saturated carbocycles. The maximum absolute atomic E-state index is 14.0. The summed E-state index contributed by atoms with van der Waals surface area (Å²) in [6, 6.07) is 8.70. The van der Waals surface area contributed by atoms with Crippen LogP contribution in [0.3, 0.4) is 0 Å². The fourth-order valence-corrected chi connectivity index (χ4v) is 3.91. The van der Waals surface area contributed by atoms with Crippen molar-refractivity contribution in [3.8, 4) is 17.1 Å². The first-order valence-electron chi connectivity index (χ1n) is 10.4. The summed E-state index contributed by atoms with van der Waals surface area (Å²) in [4.78, 5) is 16.5. The molecule has 1 aromatic carbocycles. The monoisotopic (exact) mass is 474 g/mol. The Morgan fingerprint density at radius 3 is 2.35 bits per heavy atom. The summed E-state index contributed by atoms with van der Waals surface area (Å²) >= 11 is 0. The Morgan fingerprint density at radius 1 is 1.18 bits per heavy atom. The van der Waals surface area contributed by atoms with Crippen LogP contribution in [0.1, 0.15) is 26.3 Å². The van der Waals surface area contributed by atoms with Gasteiger partial charge in [-0.3, -0.25) is 4.79 Å². The van der Waals surface area contributed by atoms with Gasteiger partial charge in [0.25, 0.3) is 5.91 Å². The second kappa shape index (κ2) is 9.62. The van der Waals surface area contributed by atoms with Crippen LogP contribution in [0.5, 0.6) is 5.88 Å². The second-order valence-electron chi connectivity index (χ2n) is 8.03. The predicted molar refractivity (Wildman–Crippen MR) is 122 cm³/mol. The molecule has 0 saturated heterocycles. The Hall–Kier alpha value is -3.76.